The SMILES string of the molecule is Cc1nn(C)c(C)c1NCc1cccc(F)c1O. The summed E-state index contributed by atoms with van der Waals surface area (Å²) in [4.78, 5) is 0. The molecule has 96 valence electrons. The lowest BCUT2D eigenvalue weighted by Crippen LogP contribution is -2.02. The molecular weight excluding hydrogens is 233 g/mol. The highest BCUT2D eigenvalue weighted by Crippen LogP contribution is 2.24. The normalized spacial score (nSPS) is 10.7. The fourth-order valence-corrected chi connectivity index (χ4v) is 1.92. The van der Waals surface area contributed by atoms with Crippen molar-refractivity contribution in [2.24, 2.45) is 7.05 Å². The minimum Gasteiger partial charge on any atom is -0.505 e. The van der Waals surface area contributed by atoms with Crippen molar-refractivity contribution in [3.05, 3.63) is 41.0 Å². The van der Waals surface area contributed by atoms with E-state index in [0.29, 0.717) is 12.1 Å². The lowest BCUT2D eigenvalue weighted by molar-refractivity contribution is 0.427. The van der Waals surface area contributed by atoms with E-state index < -0.39 is 5.82 Å². The highest BCUT2D eigenvalue weighted by Gasteiger charge is 2.11. The smallest absolute Gasteiger partial charge is 0.165 e. The Labute approximate surface area is 105 Å². The fourth-order valence-electron chi connectivity index (χ4n) is 1.92. The molecule has 0 atom stereocenters. The second-order valence-electron chi connectivity index (χ2n) is 4.27. The van der Waals surface area contributed by atoms with E-state index in [9.17, 15) is 9.50 Å². The summed E-state index contributed by atoms with van der Waals surface area (Å²) in [6.45, 7) is 4.21. The van der Waals surface area contributed by atoms with Crippen LogP contribution in [0.2, 0.25) is 0 Å². The molecule has 0 fully saturated rings. The quantitative estimate of drug-likeness (QED) is 0.878. The van der Waals surface area contributed by atoms with E-state index in [1.165, 1.54) is 6.07 Å². The molecule has 4 nitrogen and oxygen atoms in total. The van der Waals surface area contributed by atoms with E-state index in [4.69, 9.17) is 0 Å². The Balaban J connectivity index is 2.19. The van der Waals surface area contributed by atoms with Crippen LogP contribution < -0.4 is 5.32 Å². The van der Waals surface area contributed by atoms with Gasteiger partial charge < -0.3 is 10.4 Å². The van der Waals surface area contributed by atoms with Crippen LogP contribution in [0.25, 0.3) is 0 Å². The number of para-hydroxylation sites is 1. The van der Waals surface area contributed by atoms with Crippen LogP contribution in [0.4, 0.5) is 10.1 Å². The van der Waals surface area contributed by atoms with E-state index in [2.05, 4.69) is 10.4 Å². The largest absolute Gasteiger partial charge is 0.505 e. The Hall–Kier alpha value is -2.04. The number of nitrogens with one attached hydrogen (secondary N) is 1. The Bertz CT molecular complexity index is 578. The molecule has 0 amide bonds. The van der Waals surface area contributed by atoms with Crippen LogP contribution in [0.3, 0.4) is 0 Å². The van der Waals surface area contributed by atoms with Gasteiger partial charge >= 0.3 is 0 Å². The van der Waals surface area contributed by atoms with Crippen molar-refractivity contribution >= 4 is 5.69 Å². The van der Waals surface area contributed by atoms with E-state index in [0.717, 1.165) is 17.1 Å². The average Bonchev–Trinajstić information content (AvgIpc) is 2.56. The average molecular weight is 249 g/mol. The number of anilines is 1. The molecule has 1 aromatic heterocycles. The third-order valence-corrected chi connectivity index (χ3v) is 3.03. The molecule has 0 aliphatic heterocycles. The molecule has 0 saturated heterocycles. The fraction of sp³-hybridized carbons (Fsp3) is 0.308. The van der Waals surface area contributed by atoms with Crippen molar-refractivity contribution in [3.8, 4) is 5.75 Å². The molecule has 2 N–H and O–H groups in total. The summed E-state index contributed by atoms with van der Waals surface area (Å²) >= 11 is 0. The first-order valence-corrected chi connectivity index (χ1v) is 5.71. The number of aromatic nitrogens is 2. The number of rotatable bonds is 3. The third kappa shape index (κ3) is 2.16. The van der Waals surface area contributed by atoms with E-state index >= 15 is 0 Å². The molecule has 0 aliphatic carbocycles. The highest BCUT2D eigenvalue weighted by molar-refractivity contribution is 5.52. The number of halogens is 1. The molecule has 0 unspecified atom stereocenters. The molecule has 1 heterocycles. The summed E-state index contributed by atoms with van der Waals surface area (Å²) in [7, 11) is 1.87. The van der Waals surface area contributed by atoms with Crippen LogP contribution in [0.5, 0.6) is 5.75 Å². The van der Waals surface area contributed by atoms with Crippen molar-refractivity contribution in [1.82, 2.24) is 9.78 Å². The minimum atomic E-state index is -0.603. The zero-order chi connectivity index (χ0) is 13.3. The first kappa shape index (κ1) is 12.4. The lowest BCUT2D eigenvalue weighted by Gasteiger charge is -2.09. The monoisotopic (exact) mass is 249 g/mol. The molecule has 0 spiro atoms. The van der Waals surface area contributed by atoms with Crippen molar-refractivity contribution in [2.75, 3.05) is 5.32 Å². The maximum absolute atomic E-state index is 13.2. The van der Waals surface area contributed by atoms with Crippen molar-refractivity contribution < 1.29 is 9.50 Å². The van der Waals surface area contributed by atoms with E-state index in [1.807, 2.05) is 20.9 Å². The van der Waals surface area contributed by atoms with Gasteiger partial charge in [0.25, 0.3) is 0 Å². The topological polar surface area (TPSA) is 50.1 Å². The number of nitrogens with zero attached hydrogens (tertiary/aromatic N) is 2. The number of benzene rings is 1. The number of aryl methyl sites for hydroxylation is 2. The summed E-state index contributed by atoms with van der Waals surface area (Å²) in [6.07, 6.45) is 0. The first-order chi connectivity index (χ1) is 8.50. The summed E-state index contributed by atoms with van der Waals surface area (Å²) in [6, 6.07) is 4.50. The van der Waals surface area contributed by atoms with Gasteiger partial charge in [-0.15, -0.1) is 0 Å². The number of hydrogen-bond donors (Lipinski definition) is 2. The predicted octanol–water partition coefficient (Wildman–Crippen LogP) is 2.49. The number of phenolic OH excluding ortho intramolecular Hbond substituents is 1. The second-order valence-corrected chi connectivity index (χ2v) is 4.27. The van der Waals surface area contributed by atoms with E-state index in [1.54, 1.807) is 16.8 Å². The predicted molar refractivity (Wildman–Crippen MR) is 68.1 cm³/mol. The summed E-state index contributed by atoms with van der Waals surface area (Å²) in [5, 5.41) is 17.0. The first-order valence-electron chi connectivity index (χ1n) is 5.71. The van der Waals surface area contributed by atoms with E-state index in [-0.39, 0.29) is 5.75 Å². The van der Waals surface area contributed by atoms with Crippen molar-refractivity contribution in [3.63, 3.8) is 0 Å². The van der Waals surface area contributed by atoms with Gasteiger partial charge in [0, 0.05) is 19.2 Å². The maximum Gasteiger partial charge on any atom is 0.165 e. The van der Waals surface area contributed by atoms with Crippen LogP contribution in [-0.2, 0) is 13.6 Å². The molecule has 2 rings (SSSR count). The van der Waals surface area contributed by atoms with Gasteiger partial charge in [-0.25, -0.2) is 4.39 Å². The summed E-state index contributed by atoms with van der Waals surface area (Å²) < 4.78 is 15.0. The molecule has 5 heteroatoms. The zero-order valence-corrected chi connectivity index (χ0v) is 10.7. The number of hydrogen-bond acceptors (Lipinski definition) is 3. The van der Waals surface area contributed by atoms with Gasteiger partial charge in [-0.1, -0.05) is 12.1 Å². The minimum absolute atomic E-state index is 0.302. The summed E-state index contributed by atoms with van der Waals surface area (Å²) in [5.41, 5.74) is 3.33. The molecule has 0 aliphatic rings. The Kier molecular flexibility index (Phi) is 3.23. The van der Waals surface area contributed by atoms with Crippen LogP contribution in [-0.4, -0.2) is 14.9 Å². The van der Waals surface area contributed by atoms with Gasteiger partial charge in [0.2, 0.25) is 0 Å². The van der Waals surface area contributed by atoms with Crippen LogP contribution >= 0.6 is 0 Å². The standard InChI is InChI=1S/C13H16FN3O/c1-8-12(9(2)17(3)16-8)15-7-10-5-4-6-11(14)13(10)18/h4-6,15,18H,7H2,1-3H3. The van der Waals surface area contributed by atoms with Gasteiger partial charge in [-0.05, 0) is 19.9 Å². The van der Waals surface area contributed by atoms with Crippen molar-refractivity contribution in [2.45, 2.75) is 20.4 Å². The molecule has 0 bridgehead atoms. The zero-order valence-electron chi connectivity index (χ0n) is 10.7. The molecular formula is C13H16FN3O. The highest BCUT2D eigenvalue weighted by atomic mass is 19.1. The van der Waals surface area contributed by atoms with Crippen molar-refractivity contribution in [1.29, 1.82) is 0 Å². The Morgan fingerprint density at radius 2 is 2.11 bits per heavy atom. The van der Waals surface area contributed by atoms with Gasteiger partial charge in [-0.3, -0.25) is 4.68 Å². The molecule has 2 aromatic rings. The van der Waals surface area contributed by atoms with Gasteiger partial charge in [-0.2, -0.15) is 5.10 Å². The van der Waals surface area contributed by atoms with Gasteiger partial charge in [0.1, 0.15) is 0 Å². The number of phenols is 1. The van der Waals surface area contributed by atoms with Crippen LogP contribution in [0.15, 0.2) is 18.2 Å². The lowest BCUT2D eigenvalue weighted by atomic mass is 10.2. The Morgan fingerprint density at radius 3 is 2.72 bits per heavy atom. The maximum atomic E-state index is 13.2. The number of aromatic hydroxyl groups is 1. The third-order valence-electron chi connectivity index (χ3n) is 3.03. The Morgan fingerprint density at radius 1 is 1.39 bits per heavy atom. The molecule has 18 heavy (non-hydrogen) atoms. The molecule has 0 radical (unpaired) electrons. The van der Waals surface area contributed by atoms with Crippen LogP contribution in [0.1, 0.15) is 17.0 Å². The van der Waals surface area contributed by atoms with Gasteiger partial charge in [0.05, 0.1) is 17.1 Å². The molecule has 1 aromatic carbocycles. The second kappa shape index (κ2) is 4.68. The molecule has 0 saturated carbocycles. The summed E-state index contributed by atoms with van der Waals surface area (Å²) in [5.74, 6) is -0.905. The van der Waals surface area contributed by atoms with Crippen LogP contribution in [0, 0.1) is 19.7 Å². The van der Waals surface area contributed by atoms with Gasteiger partial charge in [0.15, 0.2) is 11.6 Å².